The predicted octanol–water partition coefficient (Wildman–Crippen LogP) is 8.12. The molecule has 0 fully saturated rings. The highest BCUT2D eigenvalue weighted by Gasteiger charge is 2.29. The minimum Gasteiger partial charge on any atom is -0.507 e. The number of anilines is 2. The number of H-pyrrole nitrogens is 2. The van der Waals surface area contributed by atoms with Gasteiger partial charge in [-0.1, -0.05) is 64.1 Å². The van der Waals surface area contributed by atoms with Gasteiger partial charge in [0.2, 0.25) is 11.6 Å². The van der Waals surface area contributed by atoms with E-state index in [1.807, 2.05) is 27.7 Å². The number of rotatable bonds is 9. The summed E-state index contributed by atoms with van der Waals surface area (Å²) in [7, 11) is 0. The second-order valence-electron chi connectivity index (χ2n) is 15.6. The monoisotopic (exact) mass is 834 g/mol. The Morgan fingerprint density at radius 2 is 0.935 bits per heavy atom. The molecule has 0 unspecified atom stereocenters. The highest BCUT2D eigenvalue weighted by Crippen LogP contribution is 2.54. The van der Waals surface area contributed by atoms with Crippen molar-refractivity contribution in [1.29, 1.82) is 0 Å². The first-order chi connectivity index (χ1) is 29.6. The van der Waals surface area contributed by atoms with Crippen LogP contribution in [0.15, 0.2) is 80.5 Å². The molecule has 0 radical (unpaired) electrons. The number of aromatic amines is 2. The third-order valence-corrected chi connectivity index (χ3v) is 10.9. The molecule has 0 aliphatic carbocycles. The van der Waals surface area contributed by atoms with E-state index in [4.69, 9.17) is 0 Å². The van der Waals surface area contributed by atoms with E-state index in [2.05, 4.69) is 41.0 Å². The van der Waals surface area contributed by atoms with Crippen molar-refractivity contribution in [2.45, 2.75) is 53.4 Å². The normalized spacial score (nSPS) is 12.1. The van der Waals surface area contributed by atoms with Crippen LogP contribution < -0.4 is 22.0 Å². The Kier molecular flexibility index (Phi) is 10.1. The lowest BCUT2D eigenvalue weighted by atomic mass is 9.83. The zero-order valence-electron chi connectivity index (χ0n) is 34.4. The molecular weight excluding hydrogens is 793 g/mol. The lowest BCUT2D eigenvalue weighted by Crippen LogP contribution is -2.13. The number of aromatic hydroxyl groups is 6. The fraction of sp³-hybridized carbons (Fsp3) is 0.174. The first-order valence-corrected chi connectivity index (χ1v) is 19.6. The van der Waals surface area contributed by atoms with Crippen molar-refractivity contribution in [3.63, 3.8) is 0 Å². The van der Waals surface area contributed by atoms with Gasteiger partial charge in [0.15, 0.2) is 23.0 Å². The first-order valence-electron chi connectivity index (χ1n) is 19.6. The maximum atomic E-state index is 12.8. The molecule has 0 aliphatic heterocycles. The summed E-state index contributed by atoms with van der Waals surface area (Å²) >= 11 is 0. The van der Waals surface area contributed by atoms with Gasteiger partial charge in [0, 0.05) is 33.0 Å². The third-order valence-electron chi connectivity index (χ3n) is 10.9. The molecule has 0 atom stereocenters. The van der Waals surface area contributed by atoms with Crippen LogP contribution in [-0.2, 0) is 0 Å². The highest BCUT2D eigenvalue weighted by molar-refractivity contribution is 6.15. The summed E-state index contributed by atoms with van der Waals surface area (Å²) in [5.41, 5.74) is 7.81. The molecule has 0 saturated heterocycles. The number of hydrogen-bond donors (Lipinski definition) is 10. The van der Waals surface area contributed by atoms with Crippen LogP contribution in [0.5, 0.6) is 34.5 Å². The molecule has 0 amide bonds. The Labute approximate surface area is 352 Å². The topological polar surface area (TPSA) is 262 Å². The van der Waals surface area contributed by atoms with E-state index in [-0.39, 0.29) is 68.0 Å². The zero-order chi connectivity index (χ0) is 44.3. The number of fused-ring (bicyclic) bond motifs is 4. The second-order valence-corrected chi connectivity index (χ2v) is 15.6. The van der Waals surface area contributed by atoms with Gasteiger partial charge in [-0.05, 0) is 71.8 Å². The van der Waals surface area contributed by atoms with Crippen molar-refractivity contribution < 1.29 is 30.6 Å². The quantitative estimate of drug-likeness (QED) is 0.0376. The van der Waals surface area contributed by atoms with Gasteiger partial charge >= 0.3 is 0 Å². The van der Waals surface area contributed by atoms with Crippen molar-refractivity contribution >= 4 is 67.7 Å². The van der Waals surface area contributed by atoms with Crippen molar-refractivity contribution in [3.8, 4) is 45.6 Å². The number of hydrogen-bond acceptors (Lipinski definition) is 14. The molecule has 8 aromatic rings. The molecule has 8 rings (SSSR count). The largest absolute Gasteiger partial charge is 0.507 e. The summed E-state index contributed by atoms with van der Waals surface area (Å²) in [5.74, 6) is -3.78. The molecule has 16 heteroatoms. The minimum absolute atomic E-state index is 0.0740. The predicted molar refractivity (Wildman–Crippen MR) is 242 cm³/mol. The van der Waals surface area contributed by atoms with Gasteiger partial charge < -0.3 is 40.6 Å². The molecule has 6 aromatic carbocycles. The van der Waals surface area contributed by atoms with Crippen LogP contribution >= 0.6 is 0 Å². The number of nitrogens with one attached hydrogen (secondary N) is 4. The summed E-state index contributed by atoms with van der Waals surface area (Å²) in [4.78, 5) is 39.7. The number of nitrogens with zero attached hydrogens (tertiary/aromatic N) is 4. The summed E-state index contributed by atoms with van der Waals surface area (Å²) in [6.07, 6.45) is 2.30. The number of benzene rings is 6. The van der Waals surface area contributed by atoms with Crippen molar-refractivity contribution in [2.75, 3.05) is 10.9 Å². The van der Waals surface area contributed by atoms with Gasteiger partial charge in [-0.3, -0.25) is 20.4 Å². The molecule has 314 valence electrons. The fourth-order valence-electron chi connectivity index (χ4n) is 8.15. The van der Waals surface area contributed by atoms with Gasteiger partial charge in [0.1, 0.15) is 11.5 Å². The third kappa shape index (κ3) is 6.67. The van der Waals surface area contributed by atoms with Crippen molar-refractivity contribution in [3.05, 3.63) is 115 Å². The first kappa shape index (κ1) is 40.6. The average molecular weight is 835 g/mol. The fourth-order valence-corrected chi connectivity index (χ4v) is 8.15. The minimum atomic E-state index is -0.593. The van der Waals surface area contributed by atoms with Gasteiger partial charge in [-0.15, -0.1) is 0 Å². The average Bonchev–Trinajstić information content (AvgIpc) is 3.22. The Bertz CT molecular complexity index is 3130. The van der Waals surface area contributed by atoms with E-state index in [0.717, 1.165) is 12.4 Å². The maximum absolute atomic E-state index is 12.8. The van der Waals surface area contributed by atoms with Gasteiger partial charge in [0.05, 0.1) is 45.6 Å². The van der Waals surface area contributed by atoms with E-state index in [1.54, 1.807) is 74.5 Å². The number of hydrazone groups is 2. The lowest BCUT2D eigenvalue weighted by Gasteiger charge is -2.23. The van der Waals surface area contributed by atoms with E-state index in [9.17, 15) is 40.2 Å². The smallest absolute Gasteiger partial charge is 0.293 e. The highest BCUT2D eigenvalue weighted by atomic mass is 16.3. The van der Waals surface area contributed by atoms with Crippen LogP contribution in [0.1, 0.15) is 72.9 Å². The van der Waals surface area contributed by atoms with Crippen LogP contribution in [0.25, 0.3) is 54.7 Å². The van der Waals surface area contributed by atoms with E-state index < -0.39 is 34.1 Å². The van der Waals surface area contributed by atoms with Crippen LogP contribution in [0.2, 0.25) is 0 Å². The summed E-state index contributed by atoms with van der Waals surface area (Å²) < 4.78 is 0. The molecule has 62 heavy (non-hydrogen) atoms. The molecule has 0 spiro atoms. The van der Waals surface area contributed by atoms with Crippen LogP contribution in [-0.4, -0.2) is 63.0 Å². The van der Waals surface area contributed by atoms with Gasteiger partial charge in [-0.25, -0.2) is 9.97 Å². The molecule has 0 saturated carbocycles. The SMILES string of the molecule is Cc1cc2c(C(C)C)c(O)c(O)c(C=NNc3nc4ccccc4[nH]c3=O)c2c(O)c1-c1c(C)cc2c(C(C)C)c(O)c(O)c(C=NNc3nc4ccccc4[nH]c3=O)c2c1O. The van der Waals surface area contributed by atoms with E-state index >= 15 is 0 Å². The molecule has 0 bridgehead atoms. The van der Waals surface area contributed by atoms with Crippen LogP contribution in [0.3, 0.4) is 0 Å². The Hall–Kier alpha value is -8.14. The van der Waals surface area contributed by atoms with Crippen LogP contribution in [0, 0.1) is 13.8 Å². The summed E-state index contributed by atoms with van der Waals surface area (Å²) in [6, 6.07) is 17.3. The molecule has 2 heterocycles. The van der Waals surface area contributed by atoms with Gasteiger partial charge in [-0.2, -0.15) is 10.2 Å². The van der Waals surface area contributed by atoms with E-state index in [1.165, 1.54) is 0 Å². The van der Waals surface area contributed by atoms with Gasteiger partial charge in [0.25, 0.3) is 11.1 Å². The van der Waals surface area contributed by atoms with Crippen LogP contribution in [0.4, 0.5) is 11.6 Å². The second kappa shape index (κ2) is 15.5. The summed E-state index contributed by atoms with van der Waals surface area (Å²) in [5, 5.41) is 79.9. The molecule has 0 aliphatic rings. The number of aryl methyl sites for hydroxylation is 2. The van der Waals surface area contributed by atoms with Crippen molar-refractivity contribution in [2.24, 2.45) is 10.2 Å². The molecule has 2 aromatic heterocycles. The summed E-state index contributed by atoms with van der Waals surface area (Å²) in [6.45, 7) is 10.7. The Morgan fingerprint density at radius 3 is 1.31 bits per heavy atom. The number of aromatic nitrogens is 4. The Balaban J connectivity index is 1.33. The molecule has 10 N–H and O–H groups in total. The molecular formula is C46H42N8O8. The standard InChI is InChI=1S/C46H42N8O8/c1-19(2)31-23-15-21(5)33(39(57)35(23)25(37(55)41(31)59)17-47-53-43-45(61)51-29-13-9-7-11-27(29)49-43)34-22(6)16-24-32(20(3)4)42(60)38(56)26(36(24)40(34)58)18-48-54-44-46(62)52-30-14-10-8-12-28(30)50-44/h7-20,55-60H,1-6H3,(H,49,53)(H,50,54)(H,51,61)(H,52,62). The number of phenols is 6. The van der Waals surface area contributed by atoms with Crippen molar-refractivity contribution in [1.82, 2.24) is 19.9 Å². The van der Waals surface area contributed by atoms with E-state index in [0.29, 0.717) is 55.1 Å². The zero-order valence-corrected chi connectivity index (χ0v) is 34.4. The number of phenolic OH excluding ortho intramolecular Hbond substituents is 6. The maximum Gasteiger partial charge on any atom is 0.293 e. The number of para-hydroxylation sites is 4. The Morgan fingerprint density at radius 1 is 0.565 bits per heavy atom. The molecule has 16 nitrogen and oxygen atoms in total. The lowest BCUT2D eigenvalue weighted by molar-refractivity contribution is 0.398.